The normalized spacial score (nSPS) is 29.7. The average molecular weight is 230 g/mol. The first-order valence-corrected chi connectivity index (χ1v) is 6.84. The topological polar surface area (TPSA) is 29.3 Å². The molecule has 1 aromatic carbocycles. The smallest absolute Gasteiger partial charge is 0.00541 e. The third-order valence-electron chi connectivity index (χ3n) is 4.26. The summed E-state index contributed by atoms with van der Waals surface area (Å²) in [4.78, 5) is 2.63. The predicted octanol–water partition coefficient (Wildman–Crippen LogP) is 2.07. The van der Waals surface area contributed by atoms with Gasteiger partial charge in [-0.2, -0.15) is 0 Å². The molecule has 1 aliphatic carbocycles. The van der Waals surface area contributed by atoms with E-state index in [4.69, 9.17) is 5.73 Å². The summed E-state index contributed by atoms with van der Waals surface area (Å²) in [6, 6.07) is 10.9. The molecular formula is C15H22N2. The van der Waals surface area contributed by atoms with Gasteiger partial charge >= 0.3 is 0 Å². The highest BCUT2D eigenvalue weighted by Crippen LogP contribution is 2.36. The summed E-state index contributed by atoms with van der Waals surface area (Å²) in [6.45, 7) is 4.54. The second-order valence-electron chi connectivity index (χ2n) is 5.67. The van der Waals surface area contributed by atoms with Crippen molar-refractivity contribution in [1.82, 2.24) is 4.90 Å². The summed E-state index contributed by atoms with van der Waals surface area (Å²) in [7, 11) is 0. The van der Waals surface area contributed by atoms with Crippen molar-refractivity contribution in [3.8, 4) is 0 Å². The van der Waals surface area contributed by atoms with Crippen LogP contribution in [0.1, 0.15) is 24.3 Å². The van der Waals surface area contributed by atoms with E-state index in [1.165, 1.54) is 38.0 Å². The number of nitrogens with two attached hydrogens (primary N) is 1. The van der Waals surface area contributed by atoms with E-state index in [9.17, 15) is 0 Å². The molecule has 1 heterocycles. The molecule has 2 fully saturated rings. The van der Waals surface area contributed by atoms with Gasteiger partial charge in [0, 0.05) is 25.6 Å². The fourth-order valence-electron chi connectivity index (χ4n) is 3.09. The van der Waals surface area contributed by atoms with Crippen LogP contribution in [-0.2, 0) is 0 Å². The molecular weight excluding hydrogens is 208 g/mol. The second-order valence-corrected chi connectivity index (χ2v) is 5.67. The highest BCUT2D eigenvalue weighted by Gasteiger charge is 2.35. The molecule has 2 nitrogen and oxygen atoms in total. The first kappa shape index (κ1) is 11.2. The lowest BCUT2D eigenvalue weighted by molar-refractivity contribution is 0.311. The van der Waals surface area contributed by atoms with E-state index in [2.05, 4.69) is 35.2 Å². The van der Waals surface area contributed by atoms with Crippen molar-refractivity contribution < 1.29 is 0 Å². The van der Waals surface area contributed by atoms with Gasteiger partial charge in [-0.15, -0.1) is 0 Å². The lowest BCUT2D eigenvalue weighted by Gasteiger charge is -2.16. The molecule has 0 radical (unpaired) electrons. The number of rotatable bonds is 4. The molecule has 1 saturated heterocycles. The van der Waals surface area contributed by atoms with Crippen molar-refractivity contribution in [1.29, 1.82) is 0 Å². The van der Waals surface area contributed by atoms with Crippen LogP contribution in [0.15, 0.2) is 30.3 Å². The first-order chi connectivity index (χ1) is 8.36. The Balaban J connectivity index is 1.70. The molecule has 0 bridgehead atoms. The van der Waals surface area contributed by atoms with Crippen LogP contribution < -0.4 is 5.73 Å². The summed E-state index contributed by atoms with van der Waals surface area (Å²) < 4.78 is 0. The molecule has 17 heavy (non-hydrogen) atoms. The van der Waals surface area contributed by atoms with Gasteiger partial charge in [-0.3, -0.25) is 0 Å². The summed E-state index contributed by atoms with van der Waals surface area (Å²) >= 11 is 0. The Morgan fingerprint density at radius 3 is 2.53 bits per heavy atom. The van der Waals surface area contributed by atoms with Crippen molar-refractivity contribution in [2.24, 2.45) is 17.6 Å². The molecule has 0 spiro atoms. The minimum Gasteiger partial charge on any atom is -0.330 e. The molecule has 2 N–H and O–H groups in total. The summed E-state index contributed by atoms with van der Waals surface area (Å²) in [5.74, 6) is 2.29. The van der Waals surface area contributed by atoms with Crippen molar-refractivity contribution >= 4 is 0 Å². The van der Waals surface area contributed by atoms with Crippen LogP contribution in [0.4, 0.5) is 0 Å². The van der Waals surface area contributed by atoms with Gasteiger partial charge in [0.2, 0.25) is 0 Å². The van der Waals surface area contributed by atoms with Crippen molar-refractivity contribution in [2.45, 2.75) is 18.8 Å². The molecule has 0 amide bonds. The molecule has 2 atom stereocenters. The van der Waals surface area contributed by atoms with Gasteiger partial charge in [-0.1, -0.05) is 30.3 Å². The molecule has 0 unspecified atom stereocenters. The van der Waals surface area contributed by atoms with Crippen LogP contribution in [0.3, 0.4) is 0 Å². The van der Waals surface area contributed by atoms with Crippen LogP contribution in [0.25, 0.3) is 0 Å². The number of hydrogen-bond donors (Lipinski definition) is 1. The van der Waals surface area contributed by atoms with Gasteiger partial charge in [0.1, 0.15) is 0 Å². The van der Waals surface area contributed by atoms with E-state index >= 15 is 0 Å². The van der Waals surface area contributed by atoms with E-state index in [1.54, 1.807) is 0 Å². The van der Waals surface area contributed by atoms with E-state index in [1.807, 2.05) is 0 Å². The molecule has 1 aliphatic heterocycles. The molecule has 2 heteroatoms. The molecule has 2 aliphatic rings. The van der Waals surface area contributed by atoms with Crippen LogP contribution in [0.2, 0.25) is 0 Å². The maximum atomic E-state index is 5.94. The van der Waals surface area contributed by atoms with Gasteiger partial charge in [0.15, 0.2) is 0 Å². The van der Waals surface area contributed by atoms with Gasteiger partial charge < -0.3 is 10.6 Å². The third kappa shape index (κ3) is 2.53. The second kappa shape index (κ2) is 4.79. The lowest BCUT2D eigenvalue weighted by atomic mass is 9.89. The van der Waals surface area contributed by atoms with E-state index in [0.717, 1.165) is 12.5 Å². The minimum atomic E-state index is 0.649. The Bertz CT molecular complexity index is 358. The molecule has 1 aromatic rings. The van der Waals surface area contributed by atoms with E-state index in [0.29, 0.717) is 11.8 Å². The molecule has 1 saturated carbocycles. The van der Waals surface area contributed by atoms with E-state index in [-0.39, 0.29) is 0 Å². The van der Waals surface area contributed by atoms with Crippen LogP contribution in [0.5, 0.6) is 0 Å². The Morgan fingerprint density at radius 1 is 1.12 bits per heavy atom. The fourth-order valence-corrected chi connectivity index (χ4v) is 3.09. The predicted molar refractivity (Wildman–Crippen MR) is 70.9 cm³/mol. The van der Waals surface area contributed by atoms with Crippen molar-refractivity contribution in [3.05, 3.63) is 35.9 Å². The van der Waals surface area contributed by atoms with Crippen molar-refractivity contribution in [3.63, 3.8) is 0 Å². The van der Waals surface area contributed by atoms with Crippen LogP contribution in [0, 0.1) is 11.8 Å². The summed E-state index contributed by atoms with van der Waals surface area (Å²) in [6.07, 6.45) is 2.89. The maximum Gasteiger partial charge on any atom is 0.00541 e. The van der Waals surface area contributed by atoms with Crippen LogP contribution >= 0.6 is 0 Å². The minimum absolute atomic E-state index is 0.649. The monoisotopic (exact) mass is 230 g/mol. The quantitative estimate of drug-likeness (QED) is 0.858. The maximum absolute atomic E-state index is 5.94. The Labute approximate surface area is 104 Å². The van der Waals surface area contributed by atoms with Crippen molar-refractivity contribution in [2.75, 3.05) is 26.2 Å². The first-order valence-electron chi connectivity index (χ1n) is 6.84. The standard InChI is InChI=1S/C15H22N2/c16-8-14-10-17(9-12-6-7-12)11-15(14)13-4-2-1-3-5-13/h1-5,12,14-15H,6-11,16H2/t14-,15+/m1/s1. The number of benzene rings is 1. The highest BCUT2D eigenvalue weighted by atomic mass is 15.2. The number of likely N-dealkylation sites (tertiary alicyclic amines) is 1. The largest absolute Gasteiger partial charge is 0.330 e. The van der Waals surface area contributed by atoms with Gasteiger partial charge in [-0.25, -0.2) is 0 Å². The van der Waals surface area contributed by atoms with Crippen LogP contribution in [-0.4, -0.2) is 31.1 Å². The number of nitrogens with zero attached hydrogens (tertiary/aromatic N) is 1. The van der Waals surface area contributed by atoms with Gasteiger partial charge in [-0.05, 0) is 36.8 Å². The third-order valence-corrected chi connectivity index (χ3v) is 4.26. The zero-order valence-electron chi connectivity index (χ0n) is 10.4. The zero-order chi connectivity index (χ0) is 11.7. The Kier molecular flexibility index (Phi) is 3.17. The fraction of sp³-hybridized carbons (Fsp3) is 0.600. The number of hydrogen-bond acceptors (Lipinski definition) is 2. The zero-order valence-corrected chi connectivity index (χ0v) is 10.4. The SMILES string of the molecule is NC[C@@H]1CN(CC2CC2)C[C@H]1c1ccccc1. The summed E-state index contributed by atoms with van der Waals surface area (Å²) in [5.41, 5.74) is 7.42. The Hall–Kier alpha value is -0.860. The highest BCUT2D eigenvalue weighted by molar-refractivity contribution is 5.22. The van der Waals surface area contributed by atoms with Gasteiger partial charge in [0.05, 0.1) is 0 Å². The lowest BCUT2D eigenvalue weighted by Crippen LogP contribution is -2.25. The van der Waals surface area contributed by atoms with Gasteiger partial charge in [0.25, 0.3) is 0 Å². The molecule has 3 rings (SSSR count). The van der Waals surface area contributed by atoms with E-state index < -0.39 is 0 Å². The summed E-state index contributed by atoms with van der Waals surface area (Å²) in [5, 5.41) is 0. The Morgan fingerprint density at radius 2 is 1.88 bits per heavy atom. The average Bonchev–Trinajstić information content (AvgIpc) is 3.08. The molecule has 0 aromatic heterocycles. The molecule has 92 valence electrons.